The van der Waals surface area contributed by atoms with Crippen LogP contribution in [0.1, 0.15) is 40.5 Å². The Labute approximate surface area is 161 Å². The van der Waals surface area contributed by atoms with E-state index < -0.39 is 0 Å². The molecule has 0 fully saturated rings. The smallest absolute Gasteiger partial charge is 0.230 e. The lowest BCUT2D eigenvalue weighted by Crippen LogP contribution is -2.32. The topological polar surface area (TPSA) is 54.9 Å². The quantitative estimate of drug-likeness (QED) is 0.529. The second kappa shape index (κ2) is 7.37. The van der Waals surface area contributed by atoms with Crippen molar-refractivity contribution in [2.45, 2.75) is 44.2 Å². The maximum Gasteiger partial charge on any atom is 0.230 e. The van der Waals surface area contributed by atoms with Crippen LogP contribution in [-0.4, -0.2) is 21.6 Å². The third kappa shape index (κ3) is 3.35. The molecule has 6 heteroatoms. The molecule has 1 aromatic carbocycles. The summed E-state index contributed by atoms with van der Waals surface area (Å²) < 4.78 is 0. The number of nitrogens with one attached hydrogen (secondary N) is 1. The Hall–Kier alpha value is -1.92. The summed E-state index contributed by atoms with van der Waals surface area (Å²) in [5.74, 6) is 0.437. The molecule has 0 saturated heterocycles. The molecule has 1 aliphatic rings. The number of fused-ring (bicyclic) bond motifs is 2. The van der Waals surface area contributed by atoms with Gasteiger partial charge >= 0.3 is 0 Å². The highest BCUT2D eigenvalue weighted by Crippen LogP contribution is 2.34. The zero-order valence-electron chi connectivity index (χ0n) is 14.9. The second-order valence-electron chi connectivity index (χ2n) is 6.64. The summed E-state index contributed by atoms with van der Waals surface area (Å²) in [5, 5.41) is 5.21. The van der Waals surface area contributed by atoms with Crippen molar-refractivity contribution < 1.29 is 4.79 Å². The van der Waals surface area contributed by atoms with Gasteiger partial charge in [0.1, 0.15) is 16.2 Å². The van der Waals surface area contributed by atoms with Gasteiger partial charge in [0, 0.05) is 10.3 Å². The summed E-state index contributed by atoms with van der Waals surface area (Å²) in [7, 11) is 0. The molecule has 4 rings (SSSR count). The number of aromatic nitrogens is 2. The van der Waals surface area contributed by atoms with Gasteiger partial charge in [-0.15, -0.1) is 11.3 Å². The molecule has 0 aliphatic heterocycles. The van der Waals surface area contributed by atoms with E-state index in [1.54, 1.807) is 17.7 Å². The van der Waals surface area contributed by atoms with E-state index in [0.717, 1.165) is 34.5 Å². The molecule has 1 atom stereocenters. The number of thioether (sulfide) groups is 1. The number of nitrogens with zero attached hydrogens (tertiary/aromatic N) is 2. The van der Waals surface area contributed by atoms with E-state index >= 15 is 0 Å². The fourth-order valence-corrected chi connectivity index (χ4v) is 5.46. The van der Waals surface area contributed by atoms with E-state index in [-0.39, 0.29) is 11.9 Å². The minimum absolute atomic E-state index is 0.0630. The molecule has 2 heterocycles. The molecule has 1 amide bonds. The summed E-state index contributed by atoms with van der Waals surface area (Å²) in [5.41, 5.74) is 3.85. The monoisotopic (exact) mass is 383 g/mol. The number of amides is 1. The summed E-state index contributed by atoms with van der Waals surface area (Å²) >= 11 is 3.18. The van der Waals surface area contributed by atoms with Crippen molar-refractivity contribution in [2.75, 3.05) is 5.75 Å². The van der Waals surface area contributed by atoms with Gasteiger partial charge in [0.2, 0.25) is 5.91 Å². The molecule has 1 aliphatic carbocycles. The van der Waals surface area contributed by atoms with Crippen LogP contribution in [0.4, 0.5) is 0 Å². The van der Waals surface area contributed by atoms with Crippen molar-refractivity contribution in [3.63, 3.8) is 0 Å². The lowest BCUT2D eigenvalue weighted by atomic mass is 9.88. The first-order valence-electron chi connectivity index (χ1n) is 8.84. The van der Waals surface area contributed by atoms with E-state index in [2.05, 4.69) is 53.4 Å². The van der Waals surface area contributed by atoms with Gasteiger partial charge in [-0.1, -0.05) is 36.0 Å². The zero-order valence-corrected chi connectivity index (χ0v) is 16.5. The Balaban J connectivity index is 1.46. The number of benzene rings is 1. The van der Waals surface area contributed by atoms with Crippen LogP contribution >= 0.6 is 23.1 Å². The van der Waals surface area contributed by atoms with Crippen LogP contribution in [0.2, 0.25) is 0 Å². The normalized spacial score (nSPS) is 16.5. The number of carbonyl (C=O) groups excluding carboxylic acids is 1. The highest BCUT2D eigenvalue weighted by molar-refractivity contribution is 8.00. The van der Waals surface area contributed by atoms with E-state index in [1.807, 2.05) is 0 Å². The van der Waals surface area contributed by atoms with Gasteiger partial charge in [-0.05, 0) is 49.8 Å². The molecule has 0 saturated carbocycles. The van der Waals surface area contributed by atoms with Crippen LogP contribution < -0.4 is 5.32 Å². The van der Waals surface area contributed by atoms with Crippen molar-refractivity contribution in [3.05, 3.63) is 52.2 Å². The Morgan fingerprint density at radius 1 is 1.31 bits per heavy atom. The molecule has 1 N–H and O–H groups in total. The predicted molar refractivity (Wildman–Crippen MR) is 108 cm³/mol. The maximum atomic E-state index is 12.5. The van der Waals surface area contributed by atoms with Crippen LogP contribution in [0.3, 0.4) is 0 Å². The standard InChI is InChI=1S/C20H21N3OS2/c1-12-13(2)26-20-18(12)19(21-11-22-20)25-10-17(24)23-16-9-5-7-14-6-3-4-8-15(14)16/h3-4,6,8,11,16H,5,7,9-10H2,1-2H3,(H,23,24). The lowest BCUT2D eigenvalue weighted by molar-refractivity contribution is -0.119. The van der Waals surface area contributed by atoms with Crippen molar-refractivity contribution in [2.24, 2.45) is 0 Å². The third-order valence-corrected chi connectivity index (χ3v) is 7.08. The number of thiophene rings is 1. The molecule has 134 valence electrons. The van der Waals surface area contributed by atoms with Crippen LogP contribution in [0.15, 0.2) is 35.6 Å². The first-order valence-corrected chi connectivity index (χ1v) is 10.6. The Morgan fingerprint density at radius 2 is 2.15 bits per heavy atom. The summed E-state index contributed by atoms with van der Waals surface area (Å²) in [6.07, 6.45) is 4.82. The molecule has 4 nitrogen and oxygen atoms in total. The van der Waals surface area contributed by atoms with Gasteiger partial charge in [0.15, 0.2) is 0 Å². The minimum atomic E-state index is 0.0630. The number of rotatable bonds is 4. The van der Waals surface area contributed by atoms with Crippen molar-refractivity contribution in [1.29, 1.82) is 0 Å². The summed E-state index contributed by atoms with van der Waals surface area (Å²) in [4.78, 5) is 23.6. The van der Waals surface area contributed by atoms with Crippen molar-refractivity contribution in [1.82, 2.24) is 15.3 Å². The maximum absolute atomic E-state index is 12.5. The molecular weight excluding hydrogens is 362 g/mol. The van der Waals surface area contributed by atoms with E-state index in [9.17, 15) is 4.79 Å². The van der Waals surface area contributed by atoms with Gasteiger partial charge < -0.3 is 5.32 Å². The van der Waals surface area contributed by atoms with Crippen LogP contribution in [-0.2, 0) is 11.2 Å². The molecule has 3 aromatic rings. The van der Waals surface area contributed by atoms with Crippen LogP contribution in [0.5, 0.6) is 0 Å². The summed E-state index contributed by atoms with van der Waals surface area (Å²) in [6.45, 7) is 4.20. The van der Waals surface area contributed by atoms with E-state index in [4.69, 9.17) is 0 Å². The highest BCUT2D eigenvalue weighted by Gasteiger charge is 2.21. The SMILES string of the molecule is Cc1sc2ncnc(SCC(=O)NC3CCCc4ccccc43)c2c1C. The van der Waals surface area contributed by atoms with E-state index in [1.165, 1.54) is 33.3 Å². The number of hydrogen-bond donors (Lipinski definition) is 1. The van der Waals surface area contributed by atoms with Gasteiger partial charge in [-0.25, -0.2) is 9.97 Å². The largest absolute Gasteiger partial charge is 0.349 e. The molecule has 0 spiro atoms. The van der Waals surface area contributed by atoms with Gasteiger partial charge in [-0.3, -0.25) is 4.79 Å². The highest BCUT2D eigenvalue weighted by atomic mass is 32.2. The fourth-order valence-electron chi connectivity index (χ4n) is 3.53. The molecule has 26 heavy (non-hydrogen) atoms. The Kier molecular flexibility index (Phi) is 4.96. The number of aryl methyl sites for hydroxylation is 3. The first kappa shape index (κ1) is 17.5. The van der Waals surface area contributed by atoms with Gasteiger partial charge in [0.25, 0.3) is 0 Å². The fraction of sp³-hybridized carbons (Fsp3) is 0.350. The second-order valence-corrected chi connectivity index (χ2v) is 8.81. The molecule has 1 unspecified atom stereocenters. The van der Waals surface area contributed by atoms with Crippen molar-refractivity contribution >= 4 is 39.2 Å². The number of hydrogen-bond acceptors (Lipinski definition) is 5. The van der Waals surface area contributed by atoms with Crippen LogP contribution in [0, 0.1) is 13.8 Å². The molecule has 0 radical (unpaired) electrons. The molecule has 0 bridgehead atoms. The summed E-state index contributed by atoms with van der Waals surface area (Å²) in [6, 6.07) is 8.56. The van der Waals surface area contributed by atoms with Gasteiger partial charge in [-0.2, -0.15) is 0 Å². The molecular formula is C20H21N3OS2. The Bertz CT molecular complexity index is 967. The first-order chi connectivity index (χ1) is 12.6. The van der Waals surface area contributed by atoms with Crippen molar-refractivity contribution in [3.8, 4) is 0 Å². The average Bonchev–Trinajstić information content (AvgIpc) is 2.95. The Morgan fingerprint density at radius 3 is 3.04 bits per heavy atom. The lowest BCUT2D eigenvalue weighted by Gasteiger charge is -2.26. The zero-order chi connectivity index (χ0) is 18.1. The molecule has 2 aromatic heterocycles. The number of carbonyl (C=O) groups is 1. The van der Waals surface area contributed by atoms with Gasteiger partial charge in [0.05, 0.1) is 11.8 Å². The predicted octanol–water partition coefficient (Wildman–Crippen LogP) is 4.59. The van der Waals surface area contributed by atoms with Crippen LogP contribution in [0.25, 0.3) is 10.2 Å². The minimum Gasteiger partial charge on any atom is -0.349 e. The third-order valence-electron chi connectivity index (χ3n) is 4.98. The average molecular weight is 384 g/mol. The van der Waals surface area contributed by atoms with E-state index in [0.29, 0.717) is 5.75 Å².